The van der Waals surface area contributed by atoms with Crippen LogP contribution in [-0.2, 0) is 10.0 Å². The third-order valence-electron chi connectivity index (χ3n) is 4.72. The molecular weight excluding hydrogens is 364 g/mol. The maximum atomic E-state index is 13.0. The van der Waals surface area contributed by atoms with Crippen LogP contribution in [0.25, 0.3) is 0 Å². The van der Waals surface area contributed by atoms with Crippen LogP contribution in [0, 0.1) is 11.8 Å². The minimum Gasteiger partial charge on any atom is -0.506 e. The first-order valence-corrected chi connectivity index (χ1v) is 10.4. The summed E-state index contributed by atoms with van der Waals surface area (Å²) in [5.74, 6) is 0.0759. The van der Waals surface area contributed by atoms with E-state index in [0.717, 1.165) is 6.42 Å². The molecule has 3 rings (SSSR count). The Morgan fingerprint density at radius 3 is 2.41 bits per heavy atom. The van der Waals surface area contributed by atoms with Gasteiger partial charge in [-0.15, -0.1) is 0 Å². The molecular formula is C20H24N2O4S. The molecule has 2 aromatic carbocycles. The molecule has 7 heteroatoms. The van der Waals surface area contributed by atoms with Gasteiger partial charge in [-0.3, -0.25) is 4.79 Å². The Bertz CT molecular complexity index is 933. The molecule has 0 unspecified atom stereocenters. The molecule has 0 aromatic heterocycles. The van der Waals surface area contributed by atoms with Gasteiger partial charge in [0.1, 0.15) is 5.75 Å². The van der Waals surface area contributed by atoms with Gasteiger partial charge in [0, 0.05) is 18.7 Å². The third kappa shape index (κ3) is 4.31. The summed E-state index contributed by atoms with van der Waals surface area (Å²) < 4.78 is 27.5. The molecule has 1 aliphatic heterocycles. The van der Waals surface area contributed by atoms with Crippen molar-refractivity contribution in [3.8, 4) is 5.75 Å². The lowest BCUT2D eigenvalue weighted by atomic mass is 9.94. The zero-order valence-corrected chi connectivity index (χ0v) is 16.2. The Hall–Kier alpha value is -2.38. The SMILES string of the molecule is C[C@H]1C[C@H](C)CN(S(=O)(=O)c2cccc(C(=O)Nc3ccccc3O)c2)C1. The van der Waals surface area contributed by atoms with Gasteiger partial charge in [-0.25, -0.2) is 8.42 Å². The molecule has 1 amide bonds. The maximum Gasteiger partial charge on any atom is 0.255 e. The standard InChI is InChI=1S/C20H24N2O4S/c1-14-10-15(2)13-22(12-14)27(25,26)17-7-5-6-16(11-17)20(24)21-18-8-3-4-9-19(18)23/h3-9,11,14-15,23H,10,12-13H2,1-2H3,(H,21,24)/t14-,15-/m0/s1. The smallest absolute Gasteiger partial charge is 0.255 e. The molecule has 1 aliphatic rings. The molecule has 1 heterocycles. The lowest BCUT2D eigenvalue weighted by molar-refractivity contribution is 0.102. The van der Waals surface area contributed by atoms with Gasteiger partial charge in [0.25, 0.3) is 5.91 Å². The fourth-order valence-corrected chi connectivity index (χ4v) is 5.25. The van der Waals surface area contributed by atoms with Gasteiger partial charge in [-0.05, 0) is 48.6 Å². The van der Waals surface area contributed by atoms with Crippen LogP contribution in [0.5, 0.6) is 5.75 Å². The molecule has 0 saturated carbocycles. The highest BCUT2D eigenvalue weighted by Gasteiger charge is 2.32. The maximum absolute atomic E-state index is 13.0. The Labute approximate surface area is 159 Å². The molecule has 0 aliphatic carbocycles. The fraction of sp³-hybridized carbons (Fsp3) is 0.350. The summed E-state index contributed by atoms with van der Waals surface area (Å²) in [5.41, 5.74) is 0.492. The number of carbonyl (C=O) groups is 1. The normalized spacial score (nSPS) is 21.0. The Morgan fingerprint density at radius 2 is 1.74 bits per heavy atom. The number of nitrogens with one attached hydrogen (secondary N) is 1. The number of aromatic hydroxyl groups is 1. The van der Waals surface area contributed by atoms with Gasteiger partial charge < -0.3 is 10.4 Å². The summed E-state index contributed by atoms with van der Waals surface area (Å²) in [4.78, 5) is 12.6. The van der Waals surface area contributed by atoms with Crippen LogP contribution in [0.3, 0.4) is 0 Å². The fourth-order valence-electron chi connectivity index (χ4n) is 3.52. The van der Waals surface area contributed by atoms with E-state index >= 15 is 0 Å². The van der Waals surface area contributed by atoms with Crippen molar-refractivity contribution in [2.24, 2.45) is 11.8 Å². The highest BCUT2D eigenvalue weighted by molar-refractivity contribution is 7.89. The quantitative estimate of drug-likeness (QED) is 0.787. The molecule has 2 N–H and O–H groups in total. The number of nitrogens with zero attached hydrogens (tertiary/aromatic N) is 1. The minimum atomic E-state index is -3.66. The Balaban J connectivity index is 1.84. The first kappa shape index (κ1) is 19.4. The summed E-state index contributed by atoms with van der Waals surface area (Å²) >= 11 is 0. The molecule has 0 spiro atoms. The summed E-state index contributed by atoms with van der Waals surface area (Å²) in [6.07, 6.45) is 1.01. The van der Waals surface area contributed by atoms with Crippen molar-refractivity contribution < 1.29 is 18.3 Å². The molecule has 6 nitrogen and oxygen atoms in total. The number of benzene rings is 2. The van der Waals surface area contributed by atoms with Crippen LogP contribution in [-0.4, -0.2) is 36.8 Å². The number of piperidine rings is 1. The topological polar surface area (TPSA) is 86.7 Å². The van der Waals surface area contributed by atoms with E-state index in [0.29, 0.717) is 24.9 Å². The summed E-state index contributed by atoms with van der Waals surface area (Å²) in [7, 11) is -3.66. The van der Waals surface area contributed by atoms with Gasteiger partial charge >= 0.3 is 0 Å². The average molecular weight is 388 g/mol. The Morgan fingerprint density at radius 1 is 1.07 bits per heavy atom. The first-order valence-electron chi connectivity index (χ1n) is 8.97. The number of rotatable bonds is 4. The number of carbonyl (C=O) groups excluding carboxylic acids is 1. The molecule has 27 heavy (non-hydrogen) atoms. The van der Waals surface area contributed by atoms with Crippen LogP contribution < -0.4 is 5.32 Å². The lowest BCUT2D eigenvalue weighted by Crippen LogP contribution is -2.42. The lowest BCUT2D eigenvalue weighted by Gasteiger charge is -2.34. The predicted molar refractivity (Wildman–Crippen MR) is 104 cm³/mol. The van der Waals surface area contributed by atoms with Crippen molar-refractivity contribution in [3.63, 3.8) is 0 Å². The number of para-hydroxylation sites is 2. The summed E-state index contributed by atoms with van der Waals surface area (Å²) in [6.45, 7) is 5.07. The second-order valence-corrected chi connectivity index (χ2v) is 9.21. The molecule has 2 atom stereocenters. The van der Waals surface area contributed by atoms with E-state index in [4.69, 9.17) is 0 Å². The van der Waals surface area contributed by atoms with Crippen LogP contribution in [0.2, 0.25) is 0 Å². The Kier molecular flexibility index (Phi) is 5.53. The largest absolute Gasteiger partial charge is 0.506 e. The predicted octanol–water partition coefficient (Wildman–Crippen LogP) is 3.31. The van der Waals surface area contributed by atoms with Crippen molar-refractivity contribution in [2.45, 2.75) is 25.2 Å². The van der Waals surface area contributed by atoms with Crippen molar-refractivity contribution in [3.05, 3.63) is 54.1 Å². The van der Waals surface area contributed by atoms with Crippen LogP contribution in [0.4, 0.5) is 5.69 Å². The van der Waals surface area contributed by atoms with Gasteiger partial charge in [0.15, 0.2) is 0 Å². The van der Waals surface area contributed by atoms with Gasteiger partial charge in [-0.2, -0.15) is 4.31 Å². The monoisotopic (exact) mass is 388 g/mol. The minimum absolute atomic E-state index is 0.0501. The summed E-state index contributed by atoms with van der Waals surface area (Å²) in [5, 5.41) is 12.4. The van der Waals surface area contributed by atoms with Crippen LogP contribution in [0.1, 0.15) is 30.6 Å². The second kappa shape index (κ2) is 7.70. The van der Waals surface area contributed by atoms with E-state index in [1.807, 2.05) is 13.8 Å². The molecule has 0 radical (unpaired) electrons. The number of hydrogen-bond acceptors (Lipinski definition) is 4. The number of phenolic OH excluding ortho intramolecular Hbond substituents is 1. The van der Waals surface area contributed by atoms with Crippen LogP contribution >= 0.6 is 0 Å². The zero-order valence-electron chi connectivity index (χ0n) is 15.4. The number of sulfonamides is 1. The molecule has 1 saturated heterocycles. The highest BCUT2D eigenvalue weighted by Crippen LogP contribution is 2.27. The summed E-state index contributed by atoms with van der Waals surface area (Å²) in [6, 6.07) is 12.4. The van der Waals surface area contributed by atoms with E-state index in [1.54, 1.807) is 30.3 Å². The number of amides is 1. The van der Waals surface area contributed by atoms with E-state index in [-0.39, 0.29) is 21.9 Å². The van der Waals surface area contributed by atoms with Crippen molar-refractivity contribution in [1.29, 1.82) is 0 Å². The third-order valence-corrected chi connectivity index (χ3v) is 6.55. The average Bonchev–Trinajstić information content (AvgIpc) is 2.63. The number of phenols is 1. The van der Waals surface area contributed by atoms with Crippen molar-refractivity contribution in [1.82, 2.24) is 4.31 Å². The zero-order chi connectivity index (χ0) is 19.6. The van der Waals surface area contributed by atoms with E-state index in [1.165, 1.54) is 22.5 Å². The second-order valence-electron chi connectivity index (χ2n) is 7.27. The van der Waals surface area contributed by atoms with Gasteiger partial charge in [-0.1, -0.05) is 32.0 Å². The van der Waals surface area contributed by atoms with E-state index < -0.39 is 15.9 Å². The van der Waals surface area contributed by atoms with E-state index in [2.05, 4.69) is 5.32 Å². The number of anilines is 1. The molecule has 2 aromatic rings. The van der Waals surface area contributed by atoms with E-state index in [9.17, 15) is 18.3 Å². The van der Waals surface area contributed by atoms with Gasteiger partial charge in [0.05, 0.1) is 10.6 Å². The highest BCUT2D eigenvalue weighted by atomic mass is 32.2. The molecule has 144 valence electrons. The molecule has 1 fully saturated rings. The number of hydrogen-bond donors (Lipinski definition) is 2. The molecule has 0 bridgehead atoms. The first-order chi connectivity index (χ1) is 12.8. The van der Waals surface area contributed by atoms with Crippen molar-refractivity contribution >= 4 is 21.6 Å². The van der Waals surface area contributed by atoms with Crippen LogP contribution in [0.15, 0.2) is 53.4 Å². The van der Waals surface area contributed by atoms with Gasteiger partial charge in [0.2, 0.25) is 10.0 Å². The van der Waals surface area contributed by atoms with Crippen molar-refractivity contribution in [2.75, 3.05) is 18.4 Å².